The SMILES string of the molecule is CCC1(C2CCN(Cc3ccc(F)c(OC)c3)CC2)NC(=O)N(CC2COc3ccccc3O2)C1=O. The van der Waals surface area contributed by atoms with Crippen molar-refractivity contribution in [1.29, 1.82) is 0 Å². The molecule has 2 saturated heterocycles. The molecule has 0 aromatic heterocycles. The standard InChI is InChI=1S/C27H32FN3O5/c1-3-27(19-10-12-30(13-11-19)15-18-8-9-21(28)24(14-18)34-2)25(32)31(26(33)29-27)16-20-17-35-22-6-4-5-7-23(22)36-20/h4-9,14,19-20H,3,10-13,15-17H2,1-2H3,(H,29,33). The second-order valence-corrected chi connectivity index (χ2v) is 9.69. The summed E-state index contributed by atoms with van der Waals surface area (Å²) in [5.41, 5.74) is 0.0694. The fraction of sp³-hybridized carbons (Fsp3) is 0.481. The first-order valence-electron chi connectivity index (χ1n) is 12.5. The molecule has 0 bridgehead atoms. The Morgan fingerprint density at radius 1 is 1.14 bits per heavy atom. The Morgan fingerprint density at radius 2 is 1.89 bits per heavy atom. The van der Waals surface area contributed by atoms with Crippen molar-refractivity contribution in [1.82, 2.24) is 15.1 Å². The van der Waals surface area contributed by atoms with E-state index in [0.717, 1.165) is 31.5 Å². The van der Waals surface area contributed by atoms with Gasteiger partial charge in [-0.2, -0.15) is 0 Å². The molecule has 3 heterocycles. The smallest absolute Gasteiger partial charge is 0.325 e. The van der Waals surface area contributed by atoms with Crippen LogP contribution < -0.4 is 19.5 Å². The molecule has 2 atom stereocenters. The zero-order valence-electron chi connectivity index (χ0n) is 20.7. The van der Waals surface area contributed by atoms with Gasteiger partial charge in [0.1, 0.15) is 12.1 Å². The van der Waals surface area contributed by atoms with E-state index in [1.807, 2.05) is 31.2 Å². The third kappa shape index (κ3) is 4.48. The van der Waals surface area contributed by atoms with Crippen LogP contribution in [0, 0.1) is 11.7 Å². The molecule has 3 aliphatic rings. The number of piperidine rings is 1. The van der Waals surface area contributed by atoms with Crippen LogP contribution in [0.15, 0.2) is 42.5 Å². The summed E-state index contributed by atoms with van der Waals surface area (Å²) in [5, 5.41) is 3.05. The van der Waals surface area contributed by atoms with Crippen molar-refractivity contribution in [3.63, 3.8) is 0 Å². The number of nitrogens with one attached hydrogen (secondary N) is 1. The van der Waals surface area contributed by atoms with Gasteiger partial charge in [-0.25, -0.2) is 9.18 Å². The number of fused-ring (bicyclic) bond motifs is 1. The fourth-order valence-electron chi connectivity index (χ4n) is 5.62. The zero-order valence-corrected chi connectivity index (χ0v) is 20.7. The van der Waals surface area contributed by atoms with Crippen molar-refractivity contribution in [3.05, 3.63) is 53.8 Å². The summed E-state index contributed by atoms with van der Waals surface area (Å²) in [7, 11) is 1.46. The van der Waals surface area contributed by atoms with Gasteiger partial charge < -0.3 is 19.5 Å². The van der Waals surface area contributed by atoms with E-state index in [9.17, 15) is 14.0 Å². The van der Waals surface area contributed by atoms with Gasteiger partial charge in [-0.15, -0.1) is 0 Å². The summed E-state index contributed by atoms with van der Waals surface area (Å²) in [6, 6.07) is 11.9. The molecule has 0 aliphatic carbocycles. The van der Waals surface area contributed by atoms with Crippen molar-refractivity contribution in [3.8, 4) is 17.2 Å². The highest BCUT2D eigenvalue weighted by molar-refractivity contribution is 6.07. The van der Waals surface area contributed by atoms with Gasteiger partial charge in [-0.05, 0) is 68.1 Å². The molecule has 3 amide bonds. The Bertz CT molecular complexity index is 1140. The number of carbonyl (C=O) groups excluding carboxylic acids is 2. The third-order valence-electron chi connectivity index (χ3n) is 7.62. The molecule has 2 fully saturated rings. The van der Waals surface area contributed by atoms with E-state index in [1.165, 1.54) is 18.1 Å². The minimum absolute atomic E-state index is 0.0344. The van der Waals surface area contributed by atoms with E-state index < -0.39 is 11.6 Å². The van der Waals surface area contributed by atoms with Gasteiger partial charge >= 0.3 is 6.03 Å². The first-order valence-corrected chi connectivity index (χ1v) is 12.5. The molecule has 1 N–H and O–H groups in total. The monoisotopic (exact) mass is 497 g/mol. The number of imide groups is 1. The van der Waals surface area contributed by atoms with Gasteiger partial charge in [0.2, 0.25) is 0 Å². The quantitative estimate of drug-likeness (QED) is 0.589. The second kappa shape index (κ2) is 9.97. The van der Waals surface area contributed by atoms with Crippen LogP contribution in [-0.4, -0.2) is 66.7 Å². The molecule has 5 rings (SSSR count). The van der Waals surface area contributed by atoms with Gasteiger partial charge in [0.25, 0.3) is 5.91 Å². The molecule has 36 heavy (non-hydrogen) atoms. The number of halogens is 1. The van der Waals surface area contributed by atoms with Crippen molar-refractivity contribution >= 4 is 11.9 Å². The van der Waals surface area contributed by atoms with Crippen LogP contribution in [0.2, 0.25) is 0 Å². The Balaban J connectivity index is 1.21. The summed E-state index contributed by atoms with van der Waals surface area (Å²) in [4.78, 5) is 30.2. The maximum atomic E-state index is 13.7. The number of likely N-dealkylation sites (tertiary alicyclic amines) is 1. The Morgan fingerprint density at radius 3 is 2.61 bits per heavy atom. The van der Waals surface area contributed by atoms with Gasteiger partial charge in [-0.1, -0.05) is 25.1 Å². The van der Waals surface area contributed by atoms with E-state index >= 15 is 0 Å². The molecule has 0 spiro atoms. The first kappa shape index (κ1) is 24.4. The highest BCUT2D eigenvalue weighted by atomic mass is 19.1. The van der Waals surface area contributed by atoms with E-state index in [1.54, 1.807) is 12.1 Å². The largest absolute Gasteiger partial charge is 0.494 e. The lowest BCUT2D eigenvalue weighted by Crippen LogP contribution is -2.56. The lowest BCUT2D eigenvalue weighted by Gasteiger charge is -2.40. The van der Waals surface area contributed by atoms with Crippen LogP contribution in [0.1, 0.15) is 31.7 Å². The van der Waals surface area contributed by atoms with Crippen molar-refractivity contribution in [2.24, 2.45) is 5.92 Å². The maximum absolute atomic E-state index is 13.7. The summed E-state index contributed by atoms with van der Waals surface area (Å²) in [6.45, 7) is 4.62. The highest BCUT2D eigenvalue weighted by Gasteiger charge is 2.55. The van der Waals surface area contributed by atoms with Crippen LogP contribution in [-0.2, 0) is 11.3 Å². The minimum atomic E-state index is -0.907. The molecule has 0 radical (unpaired) electrons. The Kier molecular flexibility index (Phi) is 6.75. The lowest BCUT2D eigenvalue weighted by molar-refractivity contribution is -0.135. The molecular formula is C27H32FN3O5. The number of amides is 3. The normalized spacial score (nSPS) is 24.6. The molecule has 0 saturated carbocycles. The predicted molar refractivity (Wildman–Crippen MR) is 131 cm³/mol. The van der Waals surface area contributed by atoms with Crippen LogP contribution in [0.4, 0.5) is 9.18 Å². The number of para-hydroxylation sites is 2. The highest BCUT2D eigenvalue weighted by Crippen LogP contribution is 2.37. The summed E-state index contributed by atoms with van der Waals surface area (Å²) >= 11 is 0. The number of ether oxygens (including phenoxy) is 3. The molecule has 2 unspecified atom stereocenters. The number of nitrogens with zero attached hydrogens (tertiary/aromatic N) is 2. The Labute approximate surface area is 210 Å². The van der Waals surface area contributed by atoms with E-state index in [0.29, 0.717) is 24.5 Å². The third-order valence-corrected chi connectivity index (χ3v) is 7.62. The van der Waals surface area contributed by atoms with Crippen molar-refractivity contribution < 1.29 is 28.2 Å². The first-order chi connectivity index (χ1) is 17.4. The van der Waals surface area contributed by atoms with Crippen LogP contribution >= 0.6 is 0 Å². The summed E-state index contributed by atoms with van der Waals surface area (Å²) < 4.78 is 30.6. The van der Waals surface area contributed by atoms with E-state index in [4.69, 9.17) is 14.2 Å². The number of carbonyl (C=O) groups is 2. The average Bonchev–Trinajstić information content (AvgIpc) is 3.15. The van der Waals surface area contributed by atoms with Crippen LogP contribution in [0.5, 0.6) is 17.2 Å². The minimum Gasteiger partial charge on any atom is -0.494 e. The number of hydrogen-bond acceptors (Lipinski definition) is 6. The molecule has 8 nitrogen and oxygen atoms in total. The predicted octanol–water partition coefficient (Wildman–Crippen LogP) is 3.59. The van der Waals surface area contributed by atoms with Crippen molar-refractivity contribution in [2.75, 3.05) is 33.4 Å². The molecule has 9 heteroatoms. The van der Waals surface area contributed by atoms with Crippen LogP contribution in [0.25, 0.3) is 0 Å². The van der Waals surface area contributed by atoms with Gasteiger partial charge in [0.15, 0.2) is 29.2 Å². The van der Waals surface area contributed by atoms with Crippen molar-refractivity contribution in [2.45, 2.75) is 44.4 Å². The van der Waals surface area contributed by atoms with Crippen LogP contribution in [0.3, 0.4) is 0 Å². The molecular weight excluding hydrogens is 465 g/mol. The molecule has 192 valence electrons. The van der Waals surface area contributed by atoms with E-state index in [2.05, 4.69) is 10.2 Å². The zero-order chi connectivity index (χ0) is 25.3. The van der Waals surface area contributed by atoms with Gasteiger partial charge in [-0.3, -0.25) is 14.6 Å². The topological polar surface area (TPSA) is 80.3 Å². The van der Waals surface area contributed by atoms with E-state index in [-0.39, 0.29) is 42.6 Å². The average molecular weight is 498 g/mol. The lowest BCUT2D eigenvalue weighted by atomic mass is 9.75. The van der Waals surface area contributed by atoms with Gasteiger partial charge in [0.05, 0.1) is 13.7 Å². The summed E-state index contributed by atoms with van der Waals surface area (Å²) in [5.74, 6) is 1.00. The fourth-order valence-corrected chi connectivity index (χ4v) is 5.62. The molecule has 2 aromatic rings. The number of urea groups is 1. The maximum Gasteiger partial charge on any atom is 0.325 e. The van der Waals surface area contributed by atoms with Gasteiger partial charge in [0, 0.05) is 6.54 Å². The number of hydrogen-bond donors (Lipinski definition) is 1. The Hall–Kier alpha value is -3.33. The molecule has 3 aliphatic heterocycles. The molecule has 2 aromatic carbocycles. The second-order valence-electron chi connectivity index (χ2n) is 9.69. The number of methoxy groups -OCH3 is 1. The summed E-state index contributed by atoms with van der Waals surface area (Å²) in [6.07, 6.45) is 1.67. The number of rotatable bonds is 7. The number of benzene rings is 2.